The van der Waals surface area contributed by atoms with Gasteiger partial charge in [0.2, 0.25) is 5.91 Å². The molecule has 0 spiro atoms. The summed E-state index contributed by atoms with van der Waals surface area (Å²) < 4.78 is 0. The lowest BCUT2D eigenvalue weighted by molar-refractivity contribution is -0.148. The first-order valence-corrected chi connectivity index (χ1v) is 8.78. The lowest BCUT2D eigenvalue weighted by atomic mass is 10.1. The molecular formula is C15H27NO3S. The van der Waals surface area contributed by atoms with Crippen LogP contribution in [0.1, 0.15) is 65.2 Å². The zero-order valence-corrected chi connectivity index (χ0v) is 13.5. The highest BCUT2D eigenvalue weighted by molar-refractivity contribution is 8.00. The maximum atomic E-state index is 12.2. The van der Waals surface area contributed by atoms with Crippen molar-refractivity contribution in [3.05, 3.63) is 0 Å². The maximum Gasteiger partial charge on any atom is 0.327 e. The molecule has 116 valence electrons. The van der Waals surface area contributed by atoms with Crippen LogP contribution in [0.4, 0.5) is 0 Å². The SMILES string of the molecule is CCCCCCCCCC(=O)N1C(C)SCC1C(=O)O. The molecule has 1 heterocycles. The highest BCUT2D eigenvalue weighted by Crippen LogP contribution is 2.29. The van der Waals surface area contributed by atoms with Gasteiger partial charge in [-0.15, -0.1) is 11.8 Å². The largest absolute Gasteiger partial charge is 0.480 e. The second-order valence-electron chi connectivity index (χ2n) is 5.46. The summed E-state index contributed by atoms with van der Waals surface area (Å²) in [5.41, 5.74) is 0. The summed E-state index contributed by atoms with van der Waals surface area (Å²) in [4.78, 5) is 24.8. The lowest BCUT2D eigenvalue weighted by Crippen LogP contribution is -2.44. The van der Waals surface area contributed by atoms with Gasteiger partial charge in [0.25, 0.3) is 0 Å². The Labute approximate surface area is 126 Å². The number of amides is 1. The van der Waals surface area contributed by atoms with Crippen LogP contribution in [0, 0.1) is 0 Å². The molecule has 1 N–H and O–H groups in total. The number of hydrogen-bond acceptors (Lipinski definition) is 3. The Morgan fingerprint density at radius 2 is 1.75 bits per heavy atom. The van der Waals surface area contributed by atoms with Gasteiger partial charge in [-0.05, 0) is 13.3 Å². The summed E-state index contributed by atoms with van der Waals surface area (Å²) >= 11 is 1.55. The van der Waals surface area contributed by atoms with Crippen molar-refractivity contribution in [2.75, 3.05) is 5.75 Å². The molecule has 1 aliphatic rings. The van der Waals surface area contributed by atoms with Crippen LogP contribution >= 0.6 is 11.8 Å². The van der Waals surface area contributed by atoms with Crippen molar-refractivity contribution >= 4 is 23.6 Å². The van der Waals surface area contributed by atoms with E-state index >= 15 is 0 Å². The van der Waals surface area contributed by atoms with E-state index in [1.54, 1.807) is 16.7 Å². The number of aliphatic carboxylic acids is 1. The van der Waals surface area contributed by atoms with Gasteiger partial charge < -0.3 is 10.0 Å². The van der Waals surface area contributed by atoms with E-state index in [0.29, 0.717) is 12.2 Å². The van der Waals surface area contributed by atoms with Crippen molar-refractivity contribution in [2.24, 2.45) is 0 Å². The molecular weight excluding hydrogens is 274 g/mol. The Balaban J connectivity index is 2.22. The monoisotopic (exact) mass is 301 g/mol. The topological polar surface area (TPSA) is 57.6 Å². The zero-order chi connectivity index (χ0) is 15.0. The molecule has 0 radical (unpaired) electrons. The third-order valence-electron chi connectivity index (χ3n) is 3.79. The molecule has 20 heavy (non-hydrogen) atoms. The number of rotatable bonds is 9. The van der Waals surface area contributed by atoms with Gasteiger partial charge in [-0.25, -0.2) is 4.79 Å². The number of thioether (sulfide) groups is 1. The molecule has 0 bridgehead atoms. The molecule has 1 saturated heterocycles. The van der Waals surface area contributed by atoms with Crippen molar-refractivity contribution in [1.29, 1.82) is 0 Å². The van der Waals surface area contributed by atoms with E-state index in [0.717, 1.165) is 12.8 Å². The molecule has 1 amide bonds. The van der Waals surface area contributed by atoms with Crippen LogP contribution < -0.4 is 0 Å². The third-order valence-corrected chi connectivity index (χ3v) is 5.01. The molecule has 1 aliphatic heterocycles. The van der Waals surface area contributed by atoms with Gasteiger partial charge in [-0.2, -0.15) is 0 Å². The molecule has 0 aromatic carbocycles. The molecule has 0 saturated carbocycles. The number of carbonyl (C=O) groups excluding carboxylic acids is 1. The molecule has 0 aliphatic carbocycles. The minimum Gasteiger partial charge on any atom is -0.480 e. The van der Waals surface area contributed by atoms with Crippen LogP contribution in [0.15, 0.2) is 0 Å². The summed E-state index contributed by atoms with van der Waals surface area (Å²) in [6, 6.07) is -0.632. The van der Waals surface area contributed by atoms with E-state index < -0.39 is 12.0 Å². The fourth-order valence-corrected chi connectivity index (χ4v) is 3.76. The van der Waals surface area contributed by atoms with E-state index in [-0.39, 0.29) is 11.3 Å². The first-order valence-electron chi connectivity index (χ1n) is 7.73. The first kappa shape index (κ1) is 17.3. The highest BCUT2D eigenvalue weighted by atomic mass is 32.2. The molecule has 0 aromatic heterocycles. The smallest absolute Gasteiger partial charge is 0.327 e. The van der Waals surface area contributed by atoms with Gasteiger partial charge in [0.15, 0.2) is 0 Å². The Bertz CT molecular complexity index is 322. The zero-order valence-electron chi connectivity index (χ0n) is 12.6. The van der Waals surface area contributed by atoms with Gasteiger partial charge in [0.1, 0.15) is 6.04 Å². The molecule has 1 fully saturated rings. The summed E-state index contributed by atoms with van der Waals surface area (Å²) in [6.07, 6.45) is 8.69. The predicted molar refractivity (Wildman–Crippen MR) is 82.8 cm³/mol. The maximum absolute atomic E-state index is 12.2. The Kier molecular flexibility index (Phi) is 8.04. The number of hydrogen-bond donors (Lipinski definition) is 1. The second kappa shape index (κ2) is 9.27. The Morgan fingerprint density at radius 1 is 1.15 bits per heavy atom. The fourth-order valence-electron chi connectivity index (χ4n) is 2.57. The molecule has 2 atom stereocenters. The van der Waals surface area contributed by atoms with E-state index in [1.165, 1.54) is 32.1 Å². The average Bonchev–Trinajstić information content (AvgIpc) is 2.79. The van der Waals surface area contributed by atoms with Gasteiger partial charge in [-0.1, -0.05) is 45.4 Å². The van der Waals surface area contributed by atoms with Crippen LogP contribution in [-0.4, -0.2) is 39.1 Å². The minimum absolute atomic E-state index is 0.00320. The van der Waals surface area contributed by atoms with E-state index in [2.05, 4.69) is 6.92 Å². The van der Waals surface area contributed by atoms with Crippen molar-refractivity contribution in [3.63, 3.8) is 0 Å². The van der Waals surface area contributed by atoms with Gasteiger partial charge in [0.05, 0.1) is 5.37 Å². The van der Waals surface area contributed by atoms with Crippen molar-refractivity contribution in [1.82, 2.24) is 4.90 Å². The van der Waals surface area contributed by atoms with Crippen molar-refractivity contribution < 1.29 is 14.7 Å². The average molecular weight is 301 g/mol. The van der Waals surface area contributed by atoms with Gasteiger partial charge >= 0.3 is 5.97 Å². The normalized spacial score (nSPS) is 22.2. The molecule has 1 rings (SSSR count). The third kappa shape index (κ3) is 5.35. The number of carboxylic acids is 1. The molecule has 4 nitrogen and oxygen atoms in total. The van der Waals surface area contributed by atoms with Crippen LogP contribution in [0.5, 0.6) is 0 Å². The van der Waals surface area contributed by atoms with Crippen molar-refractivity contribution in [3.8, 4) is 0 Å². The summed E-state index contributed by atoms with van der Waals surface area (Å²) in [5.74, 6) is -0.363. The summed E-state index contributed by atoms with van der Waals surface area (Å²) in [6.45, 7) is 4.11. The lowest BCUT2D eigenvalue weighted by Gasteiger charge is -2.25. The number of carboxylic acid groups (broad SMARTS) is 1. The van der Waals surface area contributed by atoms with Crippen LogP contribution in [-0.2, 0) is 9.59 Å². The second-order valence-corrected chi connectivity index (χ2v) is 6.81. The fraction of sp³-hybridized carbons (Fsp3) is 0.867. The van der Waals surface area contributed by atoms with Crippen LogP contribution in [0.25, 0.3) is 0 Å². The van der Waals surface area contributed by atoms with Gasteiger partial charge in [0, 0.05) is 12.2 Å². The number of carbonyl (C=O) groups is 2. The Hall–Kier alpha value is -0.710. The van der Waals surface area contributed by atoms with E-state index in [9.17, 15) is 9.59 Å². The standard InChI is InChI=1S/C15H27NO3S/c1-3-4-5-6-7-8-9-10-14(17)16-12(2)20-11-13(16)15(18)19/h12-13H,3-11H2,1-2H3,(H,18,19). The van der Waals surface area contributed by atoms with E-state index in [1.807, 2.05) is 6.92 Å². The van der Waals surface area contributed by atoms with E-state index in [4.69, 9.17) is 5.11 Å². The first-order chi connectivity index (χ1) is 9.57. The highest BCUT2D eigenvalue weighted by Gasteiger charge is 2.38. The molecule has 0 aromatic rings. The molecule has 2 unspecified atom stereocenters. The minimum atomic E-state index is -0.880. The summed E-state index contributed by atoms with van der Waals surface area (Å²) in [7, 11) is 0. The van der Waals surface area contributed by atoms with Crippen LogP contribution in [0.2, 0.25) is 0 Å². The quantitative estimate of drug-likeness (QED) is 0.662. The number of nitrogens with zero attached hydrogens (tertiary/aromatic N) is 1. The van der Waals surface area contributed by atoms with Crippen LogP contribution in [0.3, 0.4) is 0 Å². The Morgan fingerprint density at radius 3 is 2.35 bits per heavy atom. The number of unbranched alkanes of at least 4 members (excludes halogenated alkanes) is 6. The van der Waals surface area contributed by atoms with Gasteiger partial charge in [-0.3, -0.25) is 4.79 Å². The van der Waals surface area contributed by atoms with Crippen molar-refractivity contribution in [2.45, 2.75) is 76.6 Å². The summed E-state index contributed by atoms with van der Waals surface area (Å²) in [5, 5.41) is 9.13. The molecule has 5 heteroatoms. The predicted octanol–water partition coefficient (Wildman–Crippen LogP) is 3.50.